The summed E-state index contributed by atoms with van der Waals surface area (Å²) in [5.41, 5.74) is 5.69. The van der Waals surface area contributed by atoms with Crippen molar-refractivity contribution in [1.29, 1.82) is 0 Å². The third-order valence-corrected chi connectivity index (χ3v) is 4.26. The zero-order chi connectivity index (χ0) is 13.7. The highest BCUT2D eigenvalue weighted by Gasteiger charge is 2.12. The Morgan fingerprint density at radius 3 is 3.00 bits per heavy atom. The van der Waals surface area contributed by atoms with E-state index in [2.05, 4.69) is 47.6 Å². The summed E-state index contributed by atoms with van der Waals surface area (Å²) in [6.07, 6.45) is 3.21. The normalized spacial score (nSPS) is 13.5. The van der Waals surface area contributed by atoms with E-state index >= 15 is 0 Å². The monoisotopic (exact) mass is 263 g/mol. The number of benzene rings is 1. The molecule has 0 spiro atoms. The maximum absolute atomic E-state index is 4.73. The van der Waals surface area contributed by atoms with Gasteiger partial charge in [-0.05, 0) is 36.1 Å². The van der Waals surface area contributed by atoms with E-state index in [9.17, 15) is 0 Å². The average Bonchev–Trinajstić information content (AvgIpc) is 3.01. The molecule has 3 nitrogen and oxygen atoms in total. The number of nitrogens with zero attached hydrogens (tertiary/aromatic N) is 2. The minimum absolute atomic E-state index is 0.592. The summed E-state index contributed by atoms with van der Waals surface area (Å²) in [5.74, 6) is 0.592. The summed E-state index contributed by atoms with van der Waals surface area (Å²) >= 11 is 0. The van der Waals surface area contributed by atoms with E-state index in [4.69, 9.17) is 4.98 Å². The third kappa shape index (κ3) is 1.49. The van der Waals surface area contributed by atoms with Crippen LogP contribution in [0.2, 0.25) is 0 Å². The number of pyridine rings is 1. The number of nitrogens with one attached hydrogen (secondary N) is 1. The van der Waals surface area contributed by atoms with Crippen LogP contribution in [0.1, 0.15) is 31.7 Å². The van der Waals surface area contributed by atoms with Gasteiger partial charge in [-0.25, -0.2) is 4.98 Å². The van der Waals surface area contributed by atoms with Crippen molar-refractivity contribution in [3.05, 3.63) is 48.2 Å². The molecule has 0 saturated carbocycles. The second-order valence-electron chi connectivity index (χ2n) is 5.48. The van der Waals surface area contributed by atoms with Gasteiger partial charge < -0.3 is 4.98 Å². The van der Waals surface area contributed by atoms with Gasteiger partial charge in [0.1, 0.15) is 16.8 Å². The second-order valence-corrected chi connectivity index (χ2v) is 5.48. The van der Waals surface area contributed by atoms with Crippen LogP contribution in [0.5, 0.6) is 0 Å². The van der Waals surface area contributed by atoms with E-state index in [-0.39, 0.29) is 0 Å². The summed E-state index contributed by atoms with van der Waals surface area (Å²) < 4.78 is 2.11. The van der Waals surface area contributed by atoms with Crippen molar-refractivity contribution in [2.45, 2.75) is 26.2 Å². The van der Waals surface area contributed by atoms with E-state index in [0.717, 1.165) is 23.2 Å². The number of imidazole rings is 1. The molecule has 1 N–H and O–H groups in total. The molecule has 0 radical (unpaired) electrons. The van der Waals surface area contributed by atoms with Crippen LogP contribution in [0.25, 0.3) is 27.7 Å². The highest BCUT2D eigenvalue weighted by atomic mass is 15.1. The van der Waals surface area contributed by atoms with Gasteiger partial charge in [0.05, 0.1) is 0 Å². The summed E-state index contributed by atoms with van der Waals surface area (Å²) in [4.78, 5) is 8.25. The zero-order valence-electron chi connectivity index (χ0n) is 11.7. The molecule has 0 aliphatic heterocycles. The third-order valence-electron chi connectivity index (χ3n) is 4.26. The first-order valence-corrected chi connectivity index (χ1v) is 7.16. The quantitative estimate of drug-likeness (QED) is 0.568. The Labute approximate surface area is 117 Å². The molecule has 0 amide bonds. The molecule has 3 heteroatoms. The van der Waals surface area contributed by atoms with Gasteiger partial charge in [-0.3, -0.25) is 4.40 Å². The number of aromatic nitrogens is 3. The van der Waals surface area contributed by atoms with E-state index in [1.54, 1.807) is 0 Å². The predicted octanol–water partition coefficient (Wildman–Crippen LogP) is 4.48. The molecule has 3 heterocycles. The molecule has 1 unspecified atom stereocenters. The number of H-pyrrole nitrogens is 1. The average molecular weight is 263 g/mol. The molecular formula is C17H17N3. The summed E-state index contributed by atoms with van der Waals surface area (Å²) in [6, 6.07) is 12.8. The summed E-state index contributed by atoms with van der Waals surface area (Å²) in [7, 11) is 0. The van der Waals surface area contributed by atoms with Crippen molar-refractivity contribution in [3.8, 4) is 0 Å². The van der Waals surface area contributed by atoms with Gasteiger partial charge >= 0.3 is 0 Å². The van der Waals surface area contributed by atoms with Crippen molar-refractivity contribution in [3.63, 3.8) is 0 Å². The lowest BCUT2D eigenvalue weighted by molar-refractivity contribution is 0.734. The van der Waals surface area contributed by atoms with Crippen molar-refractivity contribution in [2.75, 3.05) is 0 Å². The molecule has 0 fully saturated rings. The Morgan fingerprint density at radius 1 is 1.25 bits per heavy atom. The van der Waals surface area contributed by atoms with Gasteiger partial charge in [-0.15, -0.1) is 0 Å². The van der Waals surface area contributed by atoms with Gasteiger partial charge in [0.25, 0.3) is 0 Å². The molecule has 0 bridgehead atoms. The van der Waals surface area contributed by atoms with Gasteiger partial charge in [0.2, 0.25) is 0 Å². The van der Waals surface area contributed by atoms with Crippen LogP contribution in [0.15, 0.2) is 42.6 Å². The Balaban J connectivity index is 2.04. The summed E-state index contributed by atoms with van der Waals surface area (Å²) in [6.45, 7) is 4.50. The van der Waals surface area contributed by atoms with Crippen molar-refractivity contribution >= 4 is 27.7 Å². The molecule has 0 aliphatic carbocycles. The second kappa shape index (κ2) is 4.10. The maximum atomic E-state index is 4.73. The minimum Gasteiger partial charge on any atom is -0.339 e. The van der Waals surface area contributed by atoms with Crippen LogP contribution in [0.3, 0.4) is 0 Å². The molecular weight excluding hydrogens is 246 g/mol. The smallest absolute Gasteiger partial charge is 0.143 e. The minimum atomic E-state index is 0.592. The number of hydrogen-bond acceptors (Lipinski definition) is 1. The highest BCUT2D eigenvalue weighted by molar-refractivity contribution is 6.05. The molecule has 3 aromatic heterocycles. The fraction of sp³-hybridized carbons (Fsp3) is 0.235. The SMILES string of the molecule is CCC(C)c1ccc2c(c1)[nH]c1c2nc2ccccn21. The molecule has 0 aliphatic rings. The Bertz CT molecular complexity index is 914. The fourth-order valence-corrected chi connectivity index (χ4v) is 2.84. The van der Waals surface area contributed by atoms with Gasteiger partial charge in [-0.1, -0.05) is 32.0 Å². The lowest BCUT2D eigenvalue weighted by atomic mass is 9.98. The highest BCUT2D eigenvalue weighted by Crippen LogP contribution is 2.29. The van der Waals surface area contributed by atoms with E-state index in [0.29, 0.717) is 5.92 Å². The fourth-order valence-electron chi connectivity index (χ4n) is 2.84. The van der Waals surface area contributed by atoms with Crippen LogP contribution < -0.4 is 0 Å². The molecule has 100 valence electrons. The van der Waals surface area contributed by atoms with Crippen molar-refractivity contribution in [2.24, 2.45) is 0 Å². The summed E-state index contributed by atoms with van der Waals surface area (Å²) in [5, 5.41) is 1.20. The Kier molecular flexibility index (Phi) is 2.36. The number of aromatic amines is 1. The van der Waals surface area contributed by atoms with Crippen LogP contribution in [0, 0.1) is 0 Å². The Hall–Kier alpha value is -2.29. The molecule has 4 rings (SSSR count). The maximum Gasteiger partial charge on any atom is 0.143 e. The lowest BCUT2D eigenvalue weighted by Gasteiger charge is -2.08. The molecule has 4 aromatic rings. The predicted molar refractivity (Wildman–Crippen MR) is 83.3 cm³/mol. The van der Waals surface area contributed by atoms with E-state index in [1.165, 1.54) is 16.5 Å². The van der Waals surface area contributed by atoms with Gasteiger partial charge in [-0.2, -0.15) is 0 Å². The first-order valence-electron chi connectivity index (χ1n) is 7.16. The zero-order valence-corrected chi connectivity index (χ0v) is 11.7. The molecule has 0 saturated heterocycles. The lowest BCUT2D eigenvalue weighted by Crippen LogP contribution is -1.90. The van der Waals surface area contributed by atoms with E-state index in [1.807, 2.05) is 18.2 Å². The molecule has 20 heavy (non-hydrogen) atoms. The Morgan fingerprint density at radius 2 is 2.15 bits per heavy atom. The first-order chi connectivity index (χ1) is 9.78. The van der Waals surface area contributed by atoms with Crippen LogP contribution in [0.4, 0.5) is 0 Å². The van der Waals surface area contributed by atoms with E-state index < -0.39 is 0 Å². The number of hydrogen-bond donors (Lipinski definition) is 1. The van der Waals surface area contributed by atoms with Crippen LogP contribution in [-0.2, 0) is 0 Å². The first kappa shape index (κ1) is 11.5. The van der Waals surface area contributed by atoms with Crippen molar-refractivity contribution in [1.82, 2.24) is 14.4 Å². The largest absolute Gasteiger partial charge is 0.339 e. The van der Waals surface area contributed by atoms with Gasteiger partial charge in [0, 0.05) is 17.1 Å². The van der Waals surface area contributed by atoms with Gasteiger partial charge in [0.15, 0.2) is 0 Å². The number of rotatable bonds is 2. The van der Waals surface area contributed by atoms with Crippen LogP contribution >= 0.6 is 0 Å². The topological polar surface area (TPSA) is 33.1 Å². The number of fused-ring (bicyclic) bond motifs is 5. The van der Waals surface area contributed by atoms with Crippen molar-refractivity contribution < 1.29 is 0 Å². The molecule has 1 atom stereocenters. The standard InChI is InChI=1S/C17H17N3/c1-3-11(2)12-7-8-13-14(10-12)18-17-16(13)19-15-6-4-5-9-20(15)17/h4-11,18H,3H2,1-2H3. The van der Waals surface area contributed by atoms with Crippen LogP contribution in [-0.4, -0.2) is 14.4 Å². The molecule has 1 aromatic carbocycles.